The summed E-state index contributed by atoms with van der Waals surface area (Å²) in [4.78, 5) is 4.64. The van der Waals surface area contributed by atoms with Gasteiger partial charge in [0.1, 0.15) is 0 Å². The SMILES string of the molecule is CN(C)CCCN(C)Cc1ccc(CNC(C)(C)C)cc1. The molecule has 3 nitrogen and oxygen atoms in total. The van der Waals surface area contributed by atoms with E-state index >= 15 is 0 Å². The monoisotopic (exact) mass is 291 g/mol. The second kappa shape index (κ2) is 8.52. The van der Waals surface area contributed by atoms with E-state index in [4.69, 9.17) is 0 Å². The first-order valence-corrected chi connectivity index (χ1v) is 7.92. The molecule has 0 heterocycles. The molecule has 0 unspecified atom stereocenters. The Balaban J connectivity index is 2.36. The molecule has 0 atom stereocenters. The standard InChI is InChI=1S/C18H33N3/c1-18(2,3)19-14-16-8-10-17(11-9-16)15-21(6)13-7-12-20(4)5/h8-11,19H,7,12-15H2,1-6H3. The van der Waals surface area contributed by atoms with Crippen LogP contribution in [0.1, 0.15) is 38.3 Å². The molecule has 120 valence electrons. The Labute approximate surface area is 131 Å². The van der Waals surface area contributed by atoms with Gasteiger partial charge < -0.3 is 15.1 Å². The normalized spacial score (nSPS) is 12.4. The van der Waals surface area contributed by atoms with Crippen molar-refractivity contribution in [2.45, 2.75) is 45.8 Å². The third-order valence-electron chi connectivity index (χ3n) is 3.44. The van der Waals surface area contributed by atoms with E-state index in [1.54, 1.807) is 0 Å². The van der Waals surface area contributed by atoms with Crippen molar-refractivity contribution in [2.75, 3.05) is 34.2 Å². The summed E-state index contributed by atoms with van der Waals surface area (Å²) in [5.74, 6) is 0. The van der Waals surface area contributed by atoms with Crippen molar-refractivity contribution >= 4 is 0 Å². The van der Waals surface area contributed by atoms with Crippen LogP contribution in [0.5, 0.6) is 0 Å². The van der Waals surface area contributed by atoms with E-state index in [9.17, 15) is 0 Å². The molecule has 0 bridgehead atoms. The minimum atomic E-state index is 0.172. The maximum Gasteiger partial charge on any atom is 0.0230 e. The predicted octanol–water partition coefficient (Wildman–Crippen LogP) is 2.96. The third kappa shape index (κ3) is 8.86. The summed E-state index contributed by atoms with van der Waals surface area (Å²) < 4.78 is 0. The van der Waals surface area contributed by atoms with Gasteiger partial charge in [0.25, 0.3) is 0 Å². The van der Waals surface area contributed by atoms with E-state index < -0.39 is 0 Å². The summed E-state index contributed by atoms with van der Waals surface area (Å²) in [6, 6.07) is 8.98. The lowest BCUT2D eigenvalue weighted by Gasteiger charge is -2.21. The molecule has 21 heavy (non-hydrogen) atoms. The van der Waals surface area contributed by atoms with E-state index in [1.165, 1.54) is 17.5 Å². The molecule has 0 aliphatic rings. The van der Waals surface area contributed by atoms with Crippen LogP contribution in [0.4, 0.5) is 0 Å². The summed E-state index contributed by atoms with van der Waals surface area (Å²) >= 11 is 0. The fourth-order valence-corrected chi connectivity index (χ4v) is 2.18. The van der Waals surface area contributed by atoms with Gasteiger partial charge in [0.2, 0.25) is 0 Å². The summed E-state index contributed by atoms with van der Waals surface area (Å²) in [7, 11) is 6.46. The van der Waals surface area contributed by atoms with Gasteiger partial charge in [0.05, 0.1) is 0 Å². The average Bonchev–Trinajstić information content (AvgIpc) is 2.36. The van der Waals surface area contributed by atoms with Gasteiger partial charge in [0, 0.05) is 18.6 Å². The molecule has 1 rings (SSSR count). The van der Waals surface area contributed by atoms with Gasteiger partial charge in [-0.05, 0) is 72.6 Å². The third-order valence-corrected chi connectivity index (χ3v) is 3.44. The zero-order chi connectivity index (χ0) is 15.9. The average molecular weight is 291 g/mol. The molecule has 1 aromatic carbocycles. The van der Waals surface area contributed by atoms with Crippen LogP contribution in [-0.4, -0.2) is 49.6 Å². The van der Waals surface area contributed by atoms with Gasteiger partial charge in [-0.15, -0.1) is 0 Å². The fourth-order valence-electron chi connectivity index (χ4n) is 2.18. The van der Waals surface area contributed by atoms with Crippen LogP contribution in [0.25, 0.3) is 0 Å². The van der Waals surface area contributed by atoms with E-state index in [1.807, 2.05) is 0 Å². The zero-order valence-electron chi connectivity index (χ0n) is 14.7. The van der Waals surface area contributed by atoms with Crippen molar-refractivity contribution in [3.63, 3.8) is 0 Å². The Kier molecular flexibility index (Phi) is 7.36. The molecule has 0 aliphatic heterocycles. The molecule has 1 N–H and O–H groups in total. The van der Waals surface area contributed by atoms with Crippen molar-refractivity contribution in [2.24, 2.45) is 0 Å². The molecule has 0 aromatic heterocycles. The number of nitrogens with zero attached hydrogens (tertiary/aromatic N) is 2. The maximum atomic E-state index is 3.52. The second-order valence-electron chi connectivity index (χ2n) is 7.31. The molecule has 0 radical (unpaired) electrons. The largest absolute Gasteiger partial charge is 0.309 e. The van der Waals surface area contributed by atoms with Gasteiger partial charge >= 0.3 is 0 Å². The molecular weight excluding hydrogens is 258 g/mol. The smallest absolute Gasteiger partial charge is 0.0230 e. The first kappa shape index (κ1) is 18.1. The Hall–Kier alpha value is -0.900. The lowest BCUT2D eigenvalue weighted by atomic mass is 10.1. The molecule has 0 saturated carbocycles. The maximum absolute atomic E-state index is 3.52. The van der Waals surface area contributed by atoms with Crippen LogP contribution in [0.3, 0.4) is 0 Å². The van der Waals surface area contributed by atoms with E-state index in [-0.39, 0.29) is 5.54 Å². The lowest BCUT2D eigenvalue weighted by molar-refractivity contribution is 0.294. The molecule has 0 amide bonds. The Morgan fingerprint density at radius 1 is 0.905 bits per heavy atom. The highest BCUT2D eigenvalue weighted by Crippen LogP contribution is 2.09. The molecule has 0 aliphatic carbocycles. The highest BCUT2D eigenvalue weighted by Gasteiger charge is 2.08. The van der Waals surface area contributed by atoms with E-state index in [2.05, 4.69) is 81.3 Å². The number of hydrogen-bond acceptors (Lipinski definition) is 3. The summed E-state index contributed by atoms with van der Waals surface area (Å²) in [5.41, 5.74) is 2.91. The molecule has 3 heteroatoms. The highest BCUT2D eigenvalue weighted by atomic mass is 15.1. The predicted molar refractivity (Wildman–Crippen MR) is 92.5 cm³/mol. The van der Waals surface area contributed by atoms with E-state index in [0.717, 1.165) is 26.2 Å². The van der Waals surface area contributed by atoms with Crippen LogP contribution in [-0.2, 0) is 13.1 Å². The minimum Gasteiger partial charge on any atom is -0.309 e. The number of benzene rings is 1. The quantitative estimate of drug-likeness (QED) is 0.794. The van der Waals surface area contributed by atoms with E-state index in [0.29, 0.717) is 0 Å². The summed E-state index contributed by atoms with van der Waals surface area (Å²) in [5, 5.41) is 3.52. The van der Waals surface area contributed by atoms with Gasteiger partial charge in [-0.25, -0.2) is 0 Å². The van der Waals surface area contributed by atoms with Crippen LogP contribution < -0.4 is 5.32 Å². The van der Waals surface area contributed by atoms with Gasteiger partial charge in [0.15, 0.2) is 0 Å². The molecule has 0 spiro atoms. The molecule has 0 saturated heterocycles. The Morgan fingerprint density at radius 2 is 1.48 bits per heavy atom. The molecule has 0 fully saturated rings. The number of nitrogens with one attached hydrogen (secondary N) is 1. The van der Waals surface area contributed by atoms with Crippen molar-refractivity contribution in [3.05, 3.63) is 35.4 Å². The first-order chi connectivity index (χ1) is 9.76. The highest BCUT2D eigenvalue weighted by molar-refractivity contribution is 5.22. The van der Waals surface area contributed by atoms with Gasteiger partial charge in [-0.2, -0.15) is 0 Å². The van der Waals surface area contributed by atoms with Crippen molar-refractivity contribution in [1.29, 1.82) is 0 Å². The minimum absolute atomic E-state index is 0.172. The second-order valence-corrected chi connectivity index (χ2v) is 7.31. The van der Waals surface area contributed by atoms with Crippen LogP contribution in [0.15, 0.2) is 24.3 Å². The van der Waals surface area contributed by atoms with Crippen molar-refractivity contribution in [1.82, 2.24) is 15.1 Å². The van der Waals surface area contributed by atoms with Crippen molar-refractivity contribution in [3.8, 4) is 0 Å². The Bertz CT molecular complexity index is 390. The zero-order valence-corrected chi connectivity index (χ0v) is 14.7. The van der Waals surface area contributed by atoms with Crippen LogP contribution in [0, 0.1) is 0 Å². The van der Waals surface area contributed by atoms with Crippen LogP contribution >= 0.6 is 0 Å². The lowest BCUT2D eigenvalue weighted by Crippen LogP contribution is -2.35. The first-order valence-electron chi connectivity index (χ1n) is 7.92. The summed E-state index contributed by atoms with van der Waals surface area (Å²) in [6.07, 6.45) is 1.22. The number of hydrogen-bond donors (Lipinski definition) is 1. The molecule has 1 aromatic rings. The van der Waals surface area contributed by atoms with Crippen LogP contribution in [0.2, 0.25) is 0 Å². The number of rotatable bonds is 8. The molecular formula is C18H33N3. The van der Waals surface area contributed by atoms with Gasteiger partial charge in [-0.3, -0.25) is 0 Å². The topological polar surface area (TPSA) is 18.5 Å². The van der Waals surface area contributed by atoms with Crippen molar-refractivity contribution < 1.29 is 0 Å². The Morgan fingerprint density at radius 3 is 2.00 bits per heavy atom. The van der Waals surface area contributed by atoms with Gasteiger partial charge in [-0.1, -0.05) is 24.3 Å². The fraction of sp³-hybridized carbons (Fsp3) is 0.667. The summed E-state index contributed by atoms with van der Waals surface area (Å²) in [6.45, 7) is 10.9.